The van der Waals surface area contributed by atoms with Gasteiger partial charge in [0.2, 0.25) is 5.91 Å². The Bertz CT molecular complexity index is 683. The van der Waals surface area contributed by atoms with Gasteiger partial charge in [-0.3, -0.25) is 4.79 Å². The molecule has 0 N–H and O–H groups in total. The van der Waals surface area contributed by atoms with E-state index < -0.39 is 0 Å². The number of hydrogen-bond donors (Lipinski definition) is 0. The molecule has 6 heteroatoms. The van der Waals surface area contributed by atoms with Crippen LogP contribution in [0, 0.1) is 0 Å². The van der Waals surface area contributed by atoms with E-state index in [1.165, 1.54) is 0 Å². The molecular weight excluding hydrogens is 296 g/mol. The summed E-state index contributed by atoms with van der Waals surface area (Å²) in [5, 5.41) is 4.01. The van der Waals surface area contributed by atoms with Gasteiger partial charge in [0.25, 0.3) is 0 Å². The smallest absolute Gasteiger partial charge is 0.229 e. The minimum absolute atomic E-state index is 0.0475. The van der Waals surface area contributed by atoms with Crippen LogP contribution in [-0.2, 0) is 16.0 Å². The summed E-state index contributed by atoms with van der Waals surface area (Å²) in [6.45, 7) is 3.78. The number of methoxy groups -OCH3 is 1. The highest BCUT2D eigenvalue weighted by atomic mass is 16.5. The molecule has 0 radical (unpaired) electrons. The molecule has 3 rings (SSSR count). The quantitative estimate of drug-likeness (QED) is 0.864. The van der Waals surface area contributed by atoms with Gasteiger partial charge < -0.3 is 18.9 Å². The van der Waals surface area contributed by atoms with Crippen LogP contribution in [0.1, 0.15) is 12.6 Å². The molecule has 23 heavy (non-hydrogen) atoms. The topological polar surface area (TPSA) is 64.8 Å². The highest BCUT2D eigenvalue weighted by Gasteiger charge is 2.24. The summed E-state index contributed by atoms with van der Waals surface area (Å²) in [5.41, 5.74) is 1.50. The van der Waals surface area contributed by atoms with Crippen molar-refractivity contribution >= 4 is 5.91 Å². The summed E-state index contributed by atoms with van der Waals surface area (Å²) in [4.78, 5) is 14.2. The van der Waals surface area contributed by atoms with Gasteiger partial charge in [-0.15, -0.1) is 0 Å². The summed E-state index contributed by atoms with van der Waals surface area (Å²) >= 11 is 0. The molecule has 1 aliphatic rings. The SMILES string of the molecule is COc1cccc(-c2cc(CC(=O)N3CCOCC3C)no2)c1. The van der Waals surface area contributed by atoms with Crippen LogP contribution in [0.15, 0.2) is 34.9 Å². The molecule has 1 aliphatic heterocycles. The molecule has 1 unspecified atom stereocenters. The van der Waals surface area contributed by atoms with Crippen LogP contribution in [-0.4, -0.2) is 48.9 Å². The fourth-order valence-corrected chi connectivity index (χ4v) is 2.66. The third kappa shape index (κ3) is 3.53. The van der Waals surface area contributed by atoms with Crippen LogP contribution in [0.25, 0.3) is 11.3 Å². The number of rotatable bonds is 4. The van der Waals surface area contributed by atoms with Crippen LogP contribution < -0.4 is 4.74 Å². The Balaban J connectivity index is 1.70. The van der Waals surface area contributed by atoms with Gasteiger partial charge in [0, 0.05) is 18.2 Å². The van der Waals surface area contributed by atoms with E-state index in [2.05, 4.69) is 5.16 Å². The van der Waals surface area contributed by atoms with E-state index in [1.807, 2.05) is 36.1 Å². The minimum Gasteiger partial charge on any atom is -0.497 e. The Morgan fingerprint density at radius 3 is 3.09 bits per heavy atom. The Morgan fingerprint density at radius 2 is 2.30 bits per heavy atom. The van der Waals surface area contributed by atoms with Gasteiger partial charge in [-0.25, -0.2) is 0 Å². The first-order chi connectivity index (χ1) is 11.2. The van der Waals surface area contributed by atoms with Crippen LogP contribution in [0.3, 0.4) is 0 Å². The molecule has 122 valence electrons. The van der Waals surface area contributed by atoms with Crippen LogP contribution >= 0.6 is 0 Å². The average Bonchev–Trinajstić information content (AvgIpc) is 3.03. The molecule has 1 aromatic carbocycles. The van der Waals surface area contributed by atoms with Crippen LogP contribution in [0.4, 0.5) is 0 Å². The van der Waals surface area contributed by atoms with E-state index in [4.69, 9.17) is 14.0 Å². The predicted molar refractivity (Wildman–Crippen MR) is 84.2 cm³/mol. The maximum Gasteiger partial charge on any atom is 0.229 e. The summed E-state index contributed by atoms with van der Waals surface area (Å²) < 4.78 is 15.9. The Labute approximate surface area is 135 Å². The summed E-state index contributed by atoms with van der Waals surface area (Å²) in [6.07, 6.45) is 0.234. The zero-order chi connectivity index (χ0) is 16.2. The second-order valence-electron chi connectivity index (χ2n) is 5.60. The molecule has 0 aliphatic carbocycles. The molecule has 1 saturated heterocycles. The van der Waals surface area contributed by atoms with Crippen molar-refractivity contribution in [2.24, 2.45) is 0 Å². The van der Waals surface area contributed by atoms with E-state index in [-0.39, 0.29) is 18.4 Å². The standard InChI is InChI=1S/C17H20N2O4/c1-12-11-22-7-6-19(12)17(20)10-14-9-16(23-18-14)13-4-3-5-15(8-13)21-2/h3-5,8-9,12H,6-7,10-11H2,1-2H3. The highest BCUT2D eigenvalue weighted by Crippen LogP contribution is 2.24. The average molecular weight is 316 g/mol. The van der Waals surface area contributed by atoms with Gasteiger partial charge in [-0.05, 0) is 19.1 Å². The number of hydrogen-bond acceptors (Lipinski definition) is 5. The molecule has 0 spiro atoms. The molecule has 0 bridgehead atoms. The van der Waals surface area contributed by atoms with Crippen LogP contribution in [0.2, 0.25) is 0 Å². The van der Waals surface area contributed by atoms with Crippen LogP contribution in [0.5, 0.6) is 5.75 Å². The summed E-state index contributed by atoms with van der Waals surface area (Å²) in [5.74, 6) is 1.42. The number of benzene rings is 1. The van der Waals surface area contributed by atoms with Gasteiger partial charge >= 0.3 is 0 Å². The third-order valence-corrected chi connectivity index (χ3v) is 3.93. The van der Waals surface area contributed by atoms with Gasteiger partial charge in [0.15, 0.2) is 5.76 Å². The third-order valence-electron chi connectivity index (χ3n) is 3.93. The normalized spacial score (nSPS) is 18.0. The molecule has 2 heterocycles. The molecule has 1 amide bonds. The largest absolute Gasteiger partial charge is 0.497 e. The minimum atomic E-state index is 0.0475. The van der Waals surface area contributed by atoms with Crippen molar-refractivity contribution in [2.45, 2.75) is 19.4 Å². The number of carbonyl (C=O) groups is 1. The lowest BCUT2D eigenvalue weighted by molar-refractivity contribution is -0.138. The van der Waals surface area contributed by atoms with E-state index in [1.54, 1.807) is 13.2 Å². The lowest BCUT2D eigenvalue weighted by atomic mass is 10.1. The van der Waals surface area contributed by atoms with E-state index in [9.17, 15) is 4.79 Å². The van der Waals surface area contributed by atoms with E-state index in [0.29, 0.717) is 31.2 Å². The molecular formula is C17H20N2O4. The number of morpholine rings is 1. The molecule has 1 atom stereocenters. The monoisotopic (exact) mass is 316 g/mol. The highest BCUT2D eigenvalue weighted by molar-refractivity contribution is 5.79. The molecule has 0 saturated carbocycles. The Hall–Kier alpha value is -2.34. The number of amides is 1. The van der Waals surface area contributed by atoms with Crippen molar-refractivity contribution in [1.82, 2.24) is 10.1 Å². The van der Waals surface area contributed by atoms with Crippen molar-refractivity contribution in [1.29, 1.82) is 0 Å². The molecule has 1 aromatic heterocycles. The number of ether oxygens (including phenoxy) is 2. The van der Waals surface area contributed by atoms with Gasteiger partial charge in [0.1, 0.15) is 5.75 Å². The lowest BCUT2D eigenvalue weighted by Crippen LogP contribution is -2.47. The molecule has 2 aromatic rings. The van der Waals surface area contributed by atoms with Gasteiger partial charge in [-0.2, -0.15) is 0 Å². The fraction of sp³-hybridized carbons (Fsp3) is 0.412. The zero-order valence-electron chi connectivity index (χ0n) is 13.3. The molecule has 6 nitrogen and oxygen atoms in total. The van der Waals surface area contributed by atoms with Crippen molar-refractivity contribution in [3.63, 3.8) is 0 Å². The number of nitrogens with zero attached hydrogens (tertiary/aromatic N) is 2. The number of carbonyl (C=O) groups excluding carboxylic acids is 1. The maximum absolute atomic E-state index is 12.4. The second kappa shape index (κ2) is 6.83. The maximum atomic E-state index is 12.4. The van der Waals surface area contributed by atoms with Crippen molar-refractivity contribution < 1.29 is 18.8 Å². The predicted octanol–water partition coefficient (Wildman–Crippen LogP) is 2.14. The molecule has 1 fully saturated rings. The zero-order valence-corrected chi connectivity index (χ0v) is 13.3. The first-order valence-corrected chi connectivity index (χ1v) is 7.64. The van der Waals surface area contributed by atoms with E-state index >= 15 is 0 Å². The fourth-order valence-electron chi connectivity index (χ4n) is 2.66. The Kier molecular flexibility index (Phi) is 4.62. The van der Waals surface area contributed by atoms with Gasteiger partial charge in [-0.1, -0.05) is 17.3 Å². The van der Waals surface area contributed by atoms with Crippen molar-refractivity contribution in [3.05, 3.63) is 36.0 Å². The van der Waals surface area contributed by atoms with E-state index in [0.717, 1.165) is 11.3 Å². The summed E-state index contributed by atoms with van der Waals surface area (Å²) in [6, 6.07) is 9.44. The lowest BCUT2D eigenvalue weighted by Gasteiger charge is -2.33. The van der Waals surface area contributed by atoms with Crippen molar-refractivity contribution in [3.8, 4) is 17.1 Å². The van der Waals surface area contributed by atoms with Crippen molar-refractivity contribution in [2.75, 3.05) is 26.9 Å². The van der Waals surface area contributed by atoms with Gasteiger partial charge in [0.05, 0.1) is 38.5 Å². The number of aromatic nitrogens is 1. The first kappa shape index (κ1) is 15.6. The first-order valence-electron chi connectivity index (χ1n) is 7.64. The Morgan fingerprint density at radius 1 is 1.43 bits per heavy atom. The summed E-state index contributed by atoms with van der Waals surface area (Å²) in [7, 11) is 1.62. The second-order valence-corrected chi connectivity index (χ2v) is 5.60.